The molecule has 0 unspecified atom stereocenters. The van der Waals surface area contributed by atoms with Gasteiger partial charge in [0.1, 0.15) is 16.4 Å². The lowest BCUT2D eigenvalue weighted by atomic mass is 10.3. The van der Waals surface area contributed by atoms with Gasteiger partial charge in [-0.2, -0.15) is 0 Å². The van der Waals surface area contributed by atoms with Crippen LogP contribution >= 0.6 is 0 Å². The normalized spacial score (nSPS) is 10.8. The SMILES string of the molecule is COc1ccc(S(=O)(=O)Nc2ccc(OC)c(OC)c2)c(OC)c1. The highest BCUT2D eigenvalue weighted by atomic mass is 32.2. The van der Waals surface area contributed by atoms with Crippen molar-refractivity contribution in [3.63, 3.8) is 0 Å². The van der Waals surface area contributed by atoms with Gasteiger partial charge in [-0.25, -0.2) is 8.42 Å². The maximum atomic E-state index is 12.6. The molecule has 2 aromatic rings. The van der Waals surface area contributed by atoms with Crippen LogP contribution in [0.5, 0.6) is 23.0 Å². The molecule has 2 rings (SSSR count). The molecule has 130 valence electrons. The maximum Gasteiger partial charge on any atom is 0.265 e. The molecule has 0 heterocycles. The Morgan fingerprint density at radius 2 is 1.42 bits per heavy atom. The van der Waals surface area contributed by atoms with E-state index in [1.807, 2.05) is 0 Å². The lowest BCUT2D eigenvalue weighted by Crippen LogP contribution is -2.14. The quantitative estimate of drug-likeness (QED) is 0.823. The zero-order valence-electron chi connectivity index (χ0n) is 13.8. The smallest absolute Gasteiger partial charge is 0.265 e. The Morgan fingerprint density at radius 3 is 2.00 bits per heavy atom. The first kappa shape index (κ1) is 17.7. The van der Waals surface area contributed by atoms with E-state index in [1.165, 1.54) is 46.6 Å². The molecule has 0 aromatic heterocycles. The molecule has 24 heavy (non-hydrogen) atoms. The third-order valence-electron chi connectivity index (χ3n) is 3.30. The minimum Gasteiger partial charge on any atom is -0.497 e. The van der Waals surface area contributed by atoms with E-state index in [-0.39, 0.29) is 10.6 Å². The number of rotatable bonds is 7. The number of benzene rings is 2. The molecule has 2 aromatic carbocycles. The van der Waals surface area contributed by atoms with Crippen molar-refractivity contribution in [1.29, 1.82) is 0 Å². The molecule has 0 aliphatic rings. The summed E-state index contributed by atoms with van der Waals surface area (Å²) in [5.74, 6) is 1.60. The largest absolute Gasteiger partial charge is 0.497 e. The number of ether oxygens (including phenoxy) is 4. The fourth-order valence-electron chi connectivity index (χ4n) is 2.11. The Kier molecular flexibility index (Phi) is 5.40. The predicted octanol–water partition coefficient (Wildman–Crippen LogP) is 2.52. The fourth-order valence-corrected chi connectivity index (χ4v) is 3.31. The zero-order chi connectivity index (χ0) is 17.7. The molecule has 7 nitrogen and oxygen atoms in total. The van der Waals surface area contributed by atoms with E-state index in [4.69, 9.17) is 18.9 Å². The molecule has 0 amide bonds. The summed E-state index contributed by atoms with van der Waals surface area (Å²) in [5.41, 5.74) is 0.338. The van der Waals surface area contributed by atoms with Crippen molar-refractivity contribution < 1.29 is 27.4 Å². The molecule has 0 saturated heterocycles. The van der Waals surface area contributed by atoms with Crippen LogP contribution in [0.2, 0.25) is 0 Å². The summed E-state index contributed by atoms with van der Waals surface area (Å²) in [6.45, 7) is 0. The summed E-state index contributed by atoms with van der Waals surface area (Å²) < 4.78 is 48.3. The topological polar surface area (TPSA) is 83.1 Å². The third-order valence-corrected chi connectivity index (χ3v) is 4.72. The monoisotopic (exact) mass is 353 g/mol. The minimum absolute atomic E-state index is 0.000542. The Morgan fingerprint density at radius 1 is 0.750 bits per heavy atom. The van der Waals surface area contributed by atoms with Crippen LogP contribution in [0.3, 0.4) is 0 Å². The standard InChI is InChI=1S/C16H19NO6S/c1-20-12-6-8-16(15(10-12)23-4)24(18,19)17-11-5-7-13(21-2)14(9-11)22-3/h5-10,17H,1-4H3. The van der Waals surface area contributed by atoms with Gasteiger partial charge in [0.05, 0.1) is 34.1 Å². The first-order valence-electron chi connectivity index (χ1n) is 6.92. The highest BCUT2D eigenvalue weighted by molar-refractivity contribution is 7.92. The Labute approximate surface area is 141 Å². The van der Waals surface area contributed by atoms with Crippen molar-refractivity contribution in [2.24, 2.45) is 0 Å². The predicted molar refractivity (Wildman–Crippen MR) is 89.9 cm³/mol. The van der Waals surface area contributed by atoms with Crippen LogP contribution in [0, 0.1) is 0 Å². The molecule has 0 atom stereocenters. The number of methoxy groups -OCH3 is 4. The highest BCUT2D eigenvalue weighted by Gasteiger charge is 2.21. The summed E-state index contributed by atoms with van der Waals surface area (Å²) in [6.07, 6.45) is 0. The van der Waals surface area contributed by atoms with Gasteiger partial charge in [0, 0.05) is 12.1 Å². The van der Waals surface area contributed by atoms with Gasteiger partial charge < -0.3 is 18.9 Å². The molecule has 0 saturated carbocycles. The average molecular weight is 353 g/mol. The van der Waals surface area contributed by atoms with Crippen molar-refractivity contribution in [3.05, 3.63) is 36.4 Å². The van der Waals surface area contributed by atoms with E-state index >= 15 is 0 Å². The second-order valence-corrected chi connectivity index (χ2v) is 6.34. The first-order valence-corrected chi connectivity index (χ1v) is 8.40. The van der Waals surface area contributed by atoms with Crippen molar-refractivity contribution in [1.82, 2.24) is 0 Å². The second-order valence-electron chi connectivity index (χ2n) is 4.69. The van der Waals surface area contributed by atoms with Gasteiger partial charge in [0.2, 0.25) is 0 Å². The van der Waals surface area contributed by atoms with Crippen LogP contribution in [-0.2, 0) is 10.0 Å². The molecule has 0 fully saturated rings. The van der Waals surface area contributed by atoms with Crippen LogP contribution in [0.1, 0.15) is 0 Å². The van der Waals surface area contributed by atoms with Gasteiger partial charge in [-0.3, -0.25) is 4.72 Å². The first-order chi connectivity index (χ1) is 11.4. The van der Waals surface area contributed by atoms with E-state index in [0.29, 0.717) is 22.9 Å². The highest BCUT2D eigenvalue weighted by Crippen LogP contribution is 2.33. The molecule has 1 N–H and O–H groups in total. The zero-order valence-corrected chi connectivity index (χ0v) is 14.6. The molecular weight excluding hydrogens is 334 g/mol. The van der Waals surface area contributed by atoms with Gasteiger partial charge in [-0.15, -0.1) is 0 Å². The summed E-state index contributed by atoms with van der Waals surface area (Å²) >= 11 is 0. The van der Waals surface area contributed by atoms with Crippen LogP contribution in [-0.4, -0.2) is 36.9 Å². The Balaban J connectivity index is 2.38. The van der Waals surface area contributed by atoms with E-state index in [1.54, 1.807) is 18.2 Å². The molecule has 0 bridgehead atoms. The van der Waals surface area contributed by atoms with Gasteiger partial charge >= 0.3 is 0 Å². The van der Waals surface area contributed by atoms with Crippen LogP contribution < -0.4 is 23.7 Å². The Bertz CT molecular complexity index is 819. The van der Waals surface area contributed by atoms with Gasteiger partial charge in [0.15, 0.2) is 11.5 Å². The summed E-state index contributed by atoms with van der Waals surface area (Å²) in [7, 11) is 2.01. The molecule has 0 radical (unpaired) electrons. The average Bonchev–Trinajstić information content (AvgIpc) is 2.60. The van der Waals surface area contributed by atoms with Crippen molar-refractivity contribution >= 4 is 15.7 Å². The van der Waals surface area contributed by atoms with Crippen molar-refractivity contribution in [2.75, 3.05) is 33.2 Å². The third kappa shape index (κ3) is 3.65. The summed E-state index contributed by atoms with van der Waals surface area (Å²) in [5, 5.41) is 0. The lowest BCUT2D eigenvalue weighted by molar-refractivity contribution is 0.355. The van der Waals surface area contributed by atoms with Gasteiger partial charge in [-0.05, 0) is 24.3 Å². The van der Waals surface area contributed by atoms with E-state index in [2.05, 4.69) is 4.72 Å². The molecule has 0 spiro atoms. The van der Waals surface area contributed by atoms with Gasteiger partial charge in [-0.1, -0.05) is 0 Å². The van der Waals surface area contributed by atoms with E-state index in [0.717, 1.165) is 0 Å². The fraction of sp³-hybridized carbons (Fsp3) is 0.250. The number of sulfonamides is 1. The number of hydrogen-bond acceptors (Lipinski definition) is 6. The molecule has 8 heteroatoms. The van der Waals surface area contributed by atoms with Crippen molar-refractivity contribution in [2.45, 2.75) is 4.90 Å². The molecule has 0 aliphatic heterocycles. The maximum absolute atomic E-state index is 12.6. The second kappa shape index (κ2) is 7.31. The summed E-state index contributed by atoms with van der Waals surface area (Å²) in [4.78, 5) is 0.000542. The van der Waals surface area contributed by atoms with Crippen molar-refractivity contribution in [3.8, 4) is 23.0 Å². The van der Waals surface area contributed by atoms with Crippen LogP contribution in [0.15, 0.2) is 41.3 Å². The molecular formula is C16H19NO6S. The van der Waals surface area contributed by atoms with Crippen LogP contribution in [0.4, 0.5) is 5.69 Å². The number of anilines is 1. The van der Waals surface area contributed by atoms with E-state index < -0.39 is 10.0 Å². The molecule has 0 aliphatic carbocycles. The minimum atomic E-state index is -3.85. The Hall–Kier alpha value is -2.61. The van der Waals surface area contributed by atoms with E-state index in [9.17, 15) is 8.42 Å². The number of hydrogen-bond donors (Lipinski definition) is 1. The number of nitrogens with one attached hydrogen (secondary N) is 1. The van der Waals surface area contributed by atoms with Crippen LogP contribution in [0.25, 0.3) is 0 Å². The summed E-state index contributed by atoms with van der Waals surface area (Å²) in [6, 6.07) is 9.19. The van der Waals surface area contributed by atoms with Gasteiger partial charge in [0.25, 0.3) is 10.0 Å². The lowest BCUT2D eigenvalue weighted by Gasteiger charge is -2.14.